The van der Waals surface area contributed by atoms with E-state index < -0.39 is 0 Å². The first-order valence-corrected chi connectivity index (χ1v) is 8.87. The molecule has 2 rings (SSSR count). The van der Waals surface area contributed by atoms with Gasteiger partial charge in [0.2, 0.25) is 5.91 Å². The van der Waals surface area contributed by atoms with Gasteiger partial charge in [-0.3, -0.25) is 9.59 Å². The number of nitrogens with zero attached hydrogens (tertiary/aromatic N) is 2. The fourth-order valence-corrected chi connectivity index (χ4v) is 2.77. The molecule has 0 saturated heterocycles. The van der Waals surface area contributed by atoms with Gasteiger partial charge in [0.25, 0.3) is 5.91 Å². The van der Waals surface area contributed by atoms with Crippen molar-refractivity contribution >= 4 is 29.0 Å². The minimum atomic E-state index is -0.216. The summed E-state index contributed by atoms with van der Waals surface area (Å²) in [6, 6.07) is 6.89. The zero-order valence-corrected chi connectivity index (χ0v) is 15.4. The van der Waals surface area contributed by atoms with Crippen LogP contribution >= 0.6 is 11.5 Å². The molecule has 0 saturated carbocycles. The molecule has 0 bridgehead atoms. The van der Waals surface area contributed by atoms with Gasteiger partial charge in [-0.25, -0.2) is 0 Å². The lowest BCUT2D eigenvalue weighted by molar-refractivity contribution is -0.123. The van der Waals surface area contributed by atoms with Gasteiger partial charge in [-0.15, -0.1) is 5.10 Å². The van der Waals surface area contributed by atoms with Gasteiger partial charge in [-0.1, -0.05) is 25.3 Å². The number of nitrogens with one attached hydrogen (secondary N) is 2. The highest BCUT2D eigenvalue weighted by molar-refractivity contribution is 7.05. The van der Waals surface area contributed by atoms with E-state index in [1.54, 1.807) is 31.2 Å². The smallest absolute Gasteiger partial charge is 0.258 e. The zero-order valence-electron chi connectivity index (χ0n) is 14.5. The first kappa shape index (κ1) is 18.9. The maximum absolute atomic E-state index is 11.9. The van der Waals surface area contributed by atoms with Crippen LogP contribution in [0.1, 0.15) is 43.7 Å². The molecule has 0 radical (unpaired) electrons. The van der Waals surface area contributed by atoms with E-state index >= 15 is 0 Å². The second kappa shape index (κ2) is 9.12. The van der Waals surface area contributed by atoms with E-state index in [1.165, 1.54) is 11.5 Å². The first-order valence-electron chi connectivity index (χ1n) is 8.10. The molecule has 0 fully saturated rings. The molecule has 2 aromatic rings. The number of ether oxygens (including phenoxy) is 1. The number of anilines is 1. The number of carbonyl (C=O) groups is 2. The summed E-state index contributed by atoms with van der Waals surface area (Å²) >= 11 is 1.29. The quantitative estimate of drug-likeness (QED) is 0.753. The van der Waals surface area contributed by atoms with Gasteiger partial charge in [-0.2, -0.15) is 0 Å². The molecule has 2 amide bonds. The van der Waals surface area contributed by atoms with Gasteiger partial charge in [0.1, 0.15) is 5.75 Å². The van der Waals surface area contributed by atoms with Crippen LogP contribution in [-0.2, 0) is 16.1 Å². The Labute approximate surface area is 150 Å². The molecule has 8 heteroatoms. The SMILES string of the molecule is CCC(=O)Nc1ccc(OCC(=O)NCc2snnc2C(C)C)cc1. The van der Waals surface area contributed by atoms with Crippen molar-refractivity contribution in [3.63, 3.8) is 0 Å². The number of benzene rings is 1. The number of amides is 2. The van der Waals surface area contributed by atoms with Crippen molar-refractivity contribution in [3.8, 4) is 5.75 Å². The van der Waals surface area contributed by atoms with E-state index in [9.17, 15) is 9.59 Å². The van der Waals surface area contributed by atoms with Crippen LogP contribution in [0, 0.1) is 0 Å². The number of hydrogen-bond donors (Lipinski definition) is 2. The molecule has 0 aliphatic heterocycles. The Hall–Kier alpha value is -2.48. The van der Waals surface area contributed by atoms with Crippen molar-refractivity contribution in [1.82, 2.24) is 14.9 Å². The van der Waals surface area contributed by atoms with Crippen molar-refractivity contribution in [3.05, 3.63) is 34.8 Å². The Morgan fingerprint density at radius 2 is 1.92 bits per heavy atom. The largest absolute Gasteiger partial charge is 0.484 e. The van der Waals surface area contributed by atoms with Gasteiger partial charge < -0.3 is 15.4 Å². The van der Waals surface area contributed by atoms with Crippen molar-refractivity contribution in [2.45, 2.75) is 39.7 Å². The second-order valence-electron chi connectivity index (χ2n) is 5.73. The van der Waals surface area contributed by atoms with Crippen LogP contribution in [0.2, 0.25) is 0 Å². The Bertz CT molecular complexity index is 713. The molecule has 1 aromatic heterocycles. The fourth-order valence-electron chi connectivity index (χ4n) is 2.04. The number of rotatable bonds is 8. The summed E-state index contributed by atoms with van der Waals surface area (Å²) in [5.41, 5.74) is 1.61. The molecule has 0 aliphatic rings. The third-order valence-corrected chi connectivity index (χ3v) is 4.14. The maximum atomic E-state index is 11.9. The number of hydrogen-bond acceptors (Lipinski definition) is 6. The van der Waals surface area contributed by atoms with Crippen LogP contribution in [-0.4, -0.2) is 28.0 Å². The van der Waals surface area contributed by atoms with E-state index in [0.29, 0.717) is 24.4 Å². The van der Waals surface area contributed by atoms with E-state index in [2.05, 4.69) is 20.2 Å². The van der Waals surface area contributed by atoms with Crippen LogP contribution < -0.4 is 15.4 Å². The van der Waals surface area contributed by atoms with Gasteiger partial charge in [0.15, 0.2) is 6.61 Å². The molecule has 1 aromatic carbocycles. The molecule has 0 atom stereocenters. The summed E-state index contributed by atoms with van der Waals surface area (Å²) in [5.74, 6) is 0.568. The summed E-state index contributed by atoms with van der Waals surface area (Å²) in [7, 11) is 0. The molecule has 7 nitrogen and oxygen atoms in total. The van der Waals surface area contributed by atoms with Crippen molar-refractivity contribution < 1.29 is 14.3 Å². The van der Waals surface area contributed by atoms with Crippen LogP contribution in [0.4, 0.5) is 5.69 Å². The first-order chi connectivity index (χ1) is 12.0. The summed E-state index contributed by atoms with van der Waals surface area (Å²) in [4.78, 5) is 24.2. The van der Waals surface area contributed by atoms with E-state index in [-0.39, 0.29) is 24.3 Å². The standard InChI is InChI=1S/C17H22N4O3S/c1-4-15(22)19-12-5-7-13(8-6-12)24-10-16(23)18-9-14-17(11(2)3)20-21-25-14/h5-8,11H,4,9-10H2,1-3H3,(H,18,23)(H,19,22). The average Bonchev–Trinajstić information content (AvgIpc) is 3.08. The van der Waals surface area contributed by atoms with Crippen LogP contribution in [0.5, 0.6) is 5.75 Å². The predicted octanol–water partition coefficient (Wildman–Crippen LogP) is 2.71. The topological polar surface area (TPSA) is 93.2 Å². The Morgan fingerprint density at radius 3 is 2.56 bits per heavy atom. The fraction of sp³-hybridized carbons (Fsp3) is 0.412. The predicted molar refractivity (Wildman–Crippen MR) is 96.7 cm³/mol. The highest BCUT2D eigenvalue weighted by atomic mass is 32.1. The van der Waals surface area contributed by atoms with Gasteiger partial charge in [0, 0.05) is 12.1 Å². The Morgan fingerprint density at radius 1 is 1.20 bits per heavy atom. The van der Waals surface area contributed by atoms with Crippen molar-refractivity contribution in [2.24, 2.45) is 0 Å². The van der Waals surface area contributed by atoms with Gasteiger partial charge in [0.05, 0.1) is 17.1 Å². The van der Waals surface area contributed by atoms with Crippen LogP contribution in [0.25, 0.3) is 0 Å². The summed E-state index contributed by atoms with van der Waals surface area (Å²) in [5, 5.41) is 9.63. The molecule has 1 heterocycles. The lowest BCUT2D eigenvalue weighted by atomic mass is 10.1. The van der Waals surface area contributed by atoms with Gasteiger partial charge >= 0.3 is 0 Å². The second-order valence-corrected chi connectivity index (χ2v) is 6.57. The third kappa shape index (κ3) is 5.82. The summed E-state index contributed by atoms with van der Waals surface area (Å²) < 4.78 is 9.38. The minimum Gasteiger partial charge on any atom is -0.484 e. The molecule has 0 unspecified atom stereocenters. The normalized spacial score (nSPS) is 10.6. The highest BCUT2D eigenvalue weighted by Crippen LogP contribution is 2.19. The molecular weight excluding hydrogens is 340 g/mol. The highest BCUT2D eigenvalue weighted by Gasteiger charge is 2.12. The van der Waals surface area contributed by atoms with Gasteiger partial charge in [-0.05, 0) is 41.7 Å². The lowest BCUT2D eigenvalue weighted by Gasteiger charge is -2.09. The zero-order chi connectivity index (χ0) is 18.2. The van der Waals surface area contributed by atoms with E-state index in [0.717, 1.165) is 10.6 Å². The molecule has 0 spiro atoms. The van der Waals surface area contributed by atoms with E-state index in [1.807, 2.05) is 13.8 Å². The van der Waals surface area contributed by atoms with Crippen LogP contribution in [0.3, 0.4) is 0 Å². The number of aromatic nitrogens is 2. The maximum Gasteiger partial charge on any atom is 0.258 e. The summed E-state index contributed by atoms with van der Waals surface area (Å²) in [6.45, 7) is 6.19. The minimum absolute atomic E-state index is 0.0497. The lowest BCUT2D eigenvalue weighted by Crippen LogP contribution is -2.28. The molecule has 2 N–H and O–H groups in total. The van der Waals surface area contributed by atoms with E-state index in [4.69, 9.17) is 4.74 Å². The summed E-state index contributed by atoms with van der Waals surface area (Å²) in [6.07, 6.45) is 0.423. The molecular formula is C17H22N4O3S. The molecule has 25 heavy (non-hydrogen) atoms. The number of carbonyl (C=O) groups excluding carboxylic acids is 2. The Balaban J connectivity index is 1.78. The average molecular weight is 362 g/mol. The molecule has 134 valence electrons. The monoisotopic (exact) mass is 362 g/mol. The van der Waals surface area contributed by atoms with Crippen LogP contribution in [0.15, 0.2) is 24.3 Å². The molecule has 0 aliphatic carbocycles. The third-order valence-electron chi connectivity index (χ3n) is 3.41. The van der Waals surface area contributed by atoms with Crippen molar-refractivity contribution in [2.75, 3.05) is 11.9 Å². The van der Waals surface area contributed by atoms with Crippen molar-refractivity contribution in [1.29, 1.82) is 0 Å². The Kier molecular flexibility index (Phi) is 6.88.